The Kier molecular flexibility index (Phi) is 5.81. The number of amides is 1. The zero-order valence-electron chi connectivity index (χ0n) is 15.1. The number of carbonyl (C=O) groups excluding carboxylic acids is 1. The van der Waals surface area contributed by atoms with Crippen LogP contribution >= 0.6 is 0 Å². The molecule has 0 aliphatic carbocycles. The van der Waals surface area contributed by atoms with Crippen LogP contribution in [0, 0.1) is 0 Å². The number of aromatic nitrogens is 3. The highest BCUT2D eigenvalue weighted by molar-refractivity contribution is 5.78. The lowest BCUT2D eigenvalue weighted by Gasteiger charge is -2.27. The second kappa shape index (κ2) is 8.25. The van der Waals surface area contributed by atoms with Gasteiger partial charge in [0, 0.05) is 45.1 Å². The summed E-state index contributed by atoms with van der Waals surface area (Å²) in [5, 5.41) is 4.14. The van der Waals surface area contributed by atoms with Crippen molar-refractivity contribution >= 4 is 5.91 Å². The van der Waals surface area contributed by atoms with Crippen molar-refractivity contribution in [3.8, 4) is 0 Å². The second-order valence-corrected chi connectivity index (χ2v) is 6.90. The van der Waals surface area contributed by atoms with Crippen LogP contribution in [-0.4, -0.2) is 56.7 Å². The summed E-state index contributed by atoms with van der Waals surface area (Å²) in [6.45, 7) is 2.54. The largest absolute Gasteiger partial charge is 0.342 e. The molecule has 0 saturated carbocycles. The zero-order chi connectivity index (χ0) is 17.6. The summed E-state index contributed by atoms with van der Waals surface area (Å²) in [5.41, 5.74) is 2.08. The van der Waals surface area contributed by atoms with Crippen LogP contribution in [0.3, 0.4) is 0 Å². The minimum absolute atomic E-state index is 0.209. The summed E-state index contributed by atoms with van der Waals surface area (Å²) >= 11 is 0. The van der Waals surface area contributed by atoms with E-state index in [0.717, 1.165) is 50.2 Å². The lowest BCUT2D eigenvalue weighted by molar-refractivity contribution is -0.130. The highest BCUT2D eigenvalue weighted by Gasteiger charge is 2.23. The highest BCUT2D eigenvalue weighted by Crippen LogP contribution is 2.18. The molecule has 0 N–H and O–H groups in total. The van der Waals surface area contributed by atoms with E-state index in [1.54, 1.807) is 10.9 Å². The number of carbonyl (C=O) groups is 1. The van der Waals surface area contributed by atoms with E-state index < -0.39 is 0 Å². The minimum atomic E-state index is 0.209. The minimum Gasteiger partial charge on any atom is -0.342 e. The van der Waals surface area contributed by atoms with Gasteiger partial charge in [-0.1, -0.05) is 6.07 Å². The molecule has 3 heterocycles. The van der Waals surface area contributed by atoms with E-state index in [2.05, 4.69) is 28.1 Å². The van der Waals surface area contributed by atoms with Gasteiger partial charge in [0.2, 0.25) is 5.91 Å². The standard InChI is InChI=1S/C19H27N5O/c1-22(15-17-6-3-4-9-20-17)18-7-5-10-24(11-8-18)19(25)12-16-13-21-23(2)14-16/h3-4,6,9,13-14,18H,5,7-8,10-12,15H2,1-2H3/t18-/m1/s1. The molecule has 0 spiro atoms. The molecule has 1 saturated heterocycles. The van der Waals surface area contributed by atoms with Gasteiger partial charge in [0.15, 0.2) is 0 Å². The predicted octanol–water partition coefficient (Wildman–Crippen LogP) is 1.87. The van der Waals surface area contributed by atoms with Crippen molar-refractivity contribution in [3.63, 3.8) is 0 Å². The van der Waals surface area contributed by atoms with E-state index in [1.807, 2.05) is 36.5 Å². The average molecular weight is 341 g/mol. The van der Waals surface area contributed by atoms with Crippen molar-refractivity contribution in [2.24, 2.45) is 7.05 Å². The Labute approximate surface area is 149 Å². The molecule has 6 nitrogen and oxygen atoms in total. The van der Waals surface area contributed by atoms with Crippen molar-refractivity contribution in [3.05, 3.63) is 48.0 Å². The molecule has 1 aliphatic heterocycles. The third-order valence-electron chi connectivity index (χ3n) is 4.92. The molecular weight excluding hydrogens is 314 g/mol. The smallest absolute Gasteiger partial charge is 0.227 e. The van der Waals surface area contributed by atoms with Crippen molar-refractivity contribution in [1.29, 1.82) is 0 Å². The second-order valence-electron chi connectivity index (χ2n) is 6.90. The Morgan fingerprint density at radius 3 is 2.92 bits per heavy atom. The van der Waals surface area contributed by atoms with Crippen LogP contribution in [0.1, 0.15) is 30.5 Å². The number of hydrogen-bond acceptors (Lipinski definition) is 4. The van der Waals surface area contributed by atoms with E-state index in [4.69, 9.17) is 0 Å². The van der Waals surface area contributed by atoms with Crippen LogP contribution in [0.5, 0.6) is 0 Å². The van der Waals surface area contributed by atoms with Gasteiger partial charge in [-0.25, -0.2) is 0 Å². The SMILES string of the molecule is CN(Cc1ccccn1)[C@@H]1CCCN(C(=O)Cc2cnn(C)c2)CC1. The lowest BCUT2D eigenvalue weighted by Crippen LogP contribution is -2.35. The topological polar surface area (TPSA) is 54.3 Å². The summed E-state index contributed by atoms with van der Waals surface area (Å²) in [7, 11) is 4.04. The molecule has 1 fully saturated rings. The monoisotopic (exact) mass is 341 g/mol. The molecule has 0 bridgehead atoms. The van der Waals surface area contributed by atoms with Crippen LogP contribution in [-0.2, 0) is 24.8 Å². The van der Waals surface area contributed by atoms with Crippen molar-refractivity contribution in [2.45, 2.75) is 38.3 Å². The fraction of sp³-hybridized carbons (Fsp3) is 0.526. The Morgan fingerprint density at radius 1 is 1.32 bits per heavy atom. The van der Waals surface area contributed by atoms with Gasteiger partial charge in [0.1, 0.15) is 0 Å². The first-order chi connectivity index (χ1) is 12.1. The molecule has 1 amide bonds. The van der Waals surface area contributed by atoms with Gasteiger partial charge < -0.3 is 4.90 Å². The van der Waals surface area contributed by atoms with E-state index in [-0.39, 0.29) is 5.91 Å². The fourth-order valence-corrected chi connectivity index (χ4v) is 3.49. The molecule has 3 rings (SSSR count). The summed E-state index contributed by atoms with van der Waals surface area (Å²) in [4.78, 5) is 21.4. The maximum absolute atomic E-state index is 12.6. The number of likely N-dealkylation sites (tertiary alicyclic amines) is 1. The Balaban J connectivity index is 1.52. The molecule has 0 aromatic carbocycles. The Hall–Kier alpha value is -2.21. The summed E-state index contributed by atoms with van der Waals surface area (Å²) in [6.07, 6.45) is 9.17. The van der Waals surface area contributed by atoms with Gasteiger partial charge in [-0.05, 0) is 44.0 Å². The molecule has 1 aliphatic rings. The molecular formula is C19H27N5O. The third-order valence-corrected chi connectivity index (χ3v) is 4.92. The average Bonchev–Trinajstić information content (AvgIpc) is 2.86. The predicted molar refractivity (Wildman–Crippen MR) is 96.8 cm³/mol. The van der Waals surface area contributed by atoms with Crippen LogP contribution in [0.4, 0.5) is 0 Å². The van der Waals surface area contributed by atoms with E-state index in [0.29, 0.717) is 12.5 Å². The normalized spacial score (nSPS) is 18.4. The van der Waals surface area contributed by atoms with E-state index >= 15 is 0 Å². The Bertz CT molecular complexity index is 684. The van der Waals surface area contributed by atoms with E-state index in [1.165, 1.54) is 0 Å². The quantitative estimate of drug-likeness (QED) is 0.833. The van der Waals surface area contributed by atoms with Crippen LogP contribution in [0.25, 0.3) is 0 Å². The first-order valence-corrected chi connectivity index (χ1v) is 8.97. The third kappa shape index (κ3) is 4.89. The van der Waals surface area contributed by atoms with Crippen LogP contribution < -0.4 is 0 Å². The molecule has 134 valence electrons. The van der Waals surface area contributed by atoms with Crippen LogP contribution in [0.2, 0.25) is 0 Å². The van der Waals surface area contributed by atoms with Crippen molar-refractivity contribution < 1.29 is 4.79 Å². The molecule has 2 aromatic heterocycles. The molecule has 0 unspecified atom stereocenters. The maximum Gasteiger partial charge on any atom is 0.227 e. The molecule has 6 heteroatoms. The molecule has 1 atom stereocenters. The van der Waals surface area contributed by atoms with Gasteiger partial charge in [0.05, 0.1) is 18.3 Å². The van der Waals surface area contributed by atoms with Crippen LogP contribution in [0.15, 0.2) is 36.8 Å². The number of aryl methyl sites for hydroxylation is 1. The van der Waals surface area contributed by atoms with Crippen molar-refractivity contribution in [2.75, 3.05) is 20.1 Å². The number of pyridine rings is 1. The van der Waals surface area contributed by atoms with Crippen molar-refractivity contribution in [1.82, 2.24) is 24.6 Å². The summed E-state index contributed by atoms with van der Waals surface area (Å²) in [6, 6.07) is 6.54. The van der Waals surface area contributed by atoms with Gasteiger partial charge in [-0.3, -0.25) is 19.4 Å². The van der Waals surface area contributed by atoms with Gasteiger partial charge in [0.25, 0.3) is 0 Å². The van der Waals surface area contributed by atoms with Gasteiger partial charge in [-0.15, -0.1) is 0 Å². The number of nitrogens with zero attached hydrogens (tertiary/aromatic N) is 5. The van der Waals surface area contributed by atoms with Gasteiger partial charge in [-0.2, -0.15) is 5.10 Å². The number of rotatable bonds is 5. The number of hydrogen-bond donors (Lipinski definition) is 0. The first kappa shape index (κ1) is 17.6. The highest BCUT2D eigenvalue weighted by atomic mass is 16.2. The zero-order valence-corrected chi connectivity index (χ0v) is 15.1. The van der Waals surface area contributed by atoms with Gasteiger partial charge >= 0.3 is 0 Å². The fourth-order valence-electron chi connectivity index (χ4n) is 3.49. The molecule has 2 aromatic rings. The maximum atomic E-state index is 12.6. The van der Waals surface area contributed by atoms with E-state index in [9.17, 15) is 4.79 Å². The summed E-state index contributed by atoms with van der Waals surface area (Å²) in [5.74, 6) is 0.209. The molecule has 25 heavy (non-hydrogen) atoms. The first-order valence-electron chi connectivity index (χ1n) is 8.97. The summed E-state index contributed by atoms with van der Waals surface area (Å²) < 4.78 is 1.74. The lowest BCUT2D eigenvalue weighted by atomic mass is 10.1. The molecule has 0 radical (unpaired) electrons. The Morgan fingerprint density at radius 2 is 2.20 bits per heavy atom.